The third-order valence-electron chi connectivity index (χ3n) is 5.13. The minimum Gasteiger partial charge on any atom is -0.497 e. The maximum atomic E-state index is 12.8. The average molecular weight is 565 g/mol. The summed E-state index contributed by atoms with van der Waals surface area (Å²) in [6.45, 7) is 0. The fourth-order valence-electron chi connectivity index (χ4n) is 3.14. The van der Waals surface area contributed by atoms with Crippen molar-refractivity contribution in [2.45, 2.75) is 6.29 Å². The van der Waals surface area contributed by atoms with Crippen LogP contribution in [0.3, 0.4) is 0 Å². The van der Waals surface area contributed by atoms with E-state index in [0.717, 1.165) is 0 Å². The number of nitrogens with one attached hydrogen (secondary N) is 1. The Morgan fingerprint density at radius 2 is 1.21 bits per heavy atom. The highest BCUT2D eigenvalue weighted by molar-refractivity contribution is 6.30. The van der Waals surface area contributed by atoms with Gasteiger partial charge in [-0.1, -0.05) is 23.2 Å². The number of amides is 1. The van der Waals surface area contributed by atoms with Crippen molar-refractivity contribution >= 4 is 41.3 Å². The summed E-state index contributed by atoms with van der Waals surface area (Å²) in [5.41, 5.74) is 3.44. The molecule has 8 nitrogen and oxygen atoms in total. The van der Waals surface area contributed by atoms with Crippen molar-refractivity contribution in [3.8, 4) is 23.0 Å². The Morgan fingerprint density at radius 1 is 0.718 bits per heavy atom. The predicted octanol–water partition coefficient (Wildman–Crippen LogP) is 6.16. The number of nitrogens with zero attached hydrogens (tertiary/aromatic N) is 1. The Kier molecular flexibility index (Phi) is 9.39. The van der Waals surface area contributed by atoms with Gasteiger partial charge in [0.1, 0.15) is 23.0 Å². The summed E-state index contributed by atoms with van der Waals surface area (Å²) in [6.07, 6.45) is 0.0680. The van der Waals surface area contributed by atoms with Gasteiger partial charge in [-0.05, 0) is 103 Å². The van der Waals surface area contributed by atoms with Crippen LogP contribution in [-0.2, 0) is 4.79 Å². The Morgan fingerprint density at radius 3 is 1.72 bits per heavy atom. The predicted molar refractivity (Wildman–Crippen MR) is 148 cm³/mol. The van der Waals surface area contributed by atoms with E-state index in [0.29, 0.717) is 44.2 Å². The summed E-state index contributed by atoms with van der Waals surface area (Å²) in [5.74, 6) is 0.584. The van der Waals surface area contributed by atoms with E-state index in [1.807, 2.05) is 0 Å². The molecule has 0 aliphatic heterocycles. The smallest absolute Gasteiger partial charge is 0.343 e. The number of hydrogen-bond acceptors (Lipinski definition) is 7. The summed E-state index contributed by atoms with van der Waals surface area (Å²) in [4.78, 5) is 25.2. The molecule has 1 N–H and O–H groups in total. The van der Waals surface area contributed by atoms with Gasteiger partial charge in [-0.25, -0.2) is 10.2 Å². The first-order valence-electron chi connectivity index (χ1n) is 11.5. The van der Waals surface area contributed by atoms with Crippen LogP contribution in [0.15, 0.2) is 102 Å². The van der Waals surface area contributed by atoms with Crippen molar-refractivity contribution in [1.82, 2.24) is 5.43 Å². The normalized spacial score (nSPS) is 10.8. The third kappa shape index (κ3) is 8.23. The van der Waals surface area contributed by atoms with Crippen molar-refractivity contribution in [2.75, 3.05) is 7.11 Å². The molecule has 0 heterocycles. The van der Waals surface area contributed by atoms with Gasteiger partial charge in [-0.2, -0.15) is 5.10 Å². The molecule has 198 valence electrons. The molecule has 4 aromatic rings. The van der Waals surface area contributed by atoms with Crippen molar-refractivity contribution in [3.63, 3.8) is 0 Å². The Labute approximate surface area is 234 Å². The molecule has 4 aromatic carbocycles. The zero-order valence-electron chi connectivity index (χ0n) is 20.5. The quantitative estimate of drug-likeness (QED) is 0.0815. The second-order valence-electron chi connectivity index (χ2n) is 7.90. The van der Waals surface area contributed by atoms with Crippen LogP contribution in [0.5, 0.6) is 23.0 Å². The summed E-state index contributed by atoms with van der Waals surface area (Å²) in [6, 6.07) is 26.1. The van der Waals surface area contributed by atoms with E-state index in [4.69, 9.17) is 42.1 Å². The van der Waals surface area contributed by atoms with Crippen molar-refractivity contribution in [3.05, 3.63) is 118 Å². The number of halogens is 2. The van der Waals surface area contributed by atoms with Gasteiger partial charge in [0.25, 0.3) is 0 Å². The monoisotopic (exact) mass is 564 g/mol. The van der Waals surface area contributed by atoms with E-state index in [1.165, 1.54) is 6.21 Å². The van der Waals surface area contributed by atoms with Gasteiger partial charge in [-0.15, -0.1) is 0 Å². The largest absolute Gasteiger partial charge is 0.497 e. The summed E-state index contributed by atoms with van der Waals surface area (Å²) in [7, 11) is 1.55. The second kappa shape index (κ2) is 13.3. The molecule has 0 aromatic heterocycles. The standard InChI is InChI=1S/C29H22Cl2N2O6/c1-36-23-12-4-20(5-13-23)28(35)37-24-10-2-19(3-11-24)18-32-33-27(34)29(38-25-14-6-21(30)7-15-25)39-26-16-8-22(31)9-17-26/h2-18,29H,1H3,(H,33,34)/b32-18+. The number of hydrazone groups is 1. The molecule has 0 fully saturated rings. The van der Waals surface area contributed by atoms with E-state index in [-0.39, 0.29) is 0 Å². The lowest BCUT2D eigenvalue weighted by atomic mass is 10.2. The van der Waals surface area contributed by atoms with Gasteiger partial charge < -0.3 is 18.9 Å². The number of hydrogen-bond donors (Lipinski definition) is 1. The molecule has 0 aliphatic rings. The fourth-order valence-corrected chi connectivity index (χ4v) is 3.39. The third-order valence-corrected chi connectivity index (χ3v) is 5.64. The summed E-state index contributed by atoms with van der Waals surface area (Å²) < 4.78 is 21.9. The number of benzene rings is 4. The molecular weight excluding hydrogens is 543 g/mol. The summed E-state index contributed by atoms with van der Waals surface area (Å²) >= 11 is 11.9. The zero-order chi connectivity index (χ0) is 27.6. The molecule has 0 atom stereocenters. The van der Waals surface area contributed by atoms with Crippen molar-refractivity contribution in [1.29, 1.82) is 0 Å². The number of carbonyl (C=O) groups excluding carboxylic acids is 2. The number of methoxy groups -OCH3 is 1. The second-order valence-corrected chi connectivity index (χ2v) is 8.77. The van der Waals surface area contributed by atoms with E-state index in [9.17, 15) is 9.59 Å². The van der Waals surface area contributed by atoms with E-state index >= 15 is 0 Å². The van der Waals surface area contributed by atoms with Crippen LogP contribution < -0.4 is 24.4 Å². The molecule has 0 aliphatic carbocycles. The number of esters is 1. The SMILES string of the molecule is COc1ccc(C(=O)Oc2ccc(/C=N/NC(=O)C(Oc3ccc(Cl)cc3)Oc3ccc(Cl)cc3)cc2)cc1. The topological polar surface area (TPSA) is 95.5 Å². The van der Waals surface area contributed by atoms with Gasteiger partial charge >= 0.3 is 18.2 Å². The molecular formula is C29H22Cl2N2O6. The van der Waals surface area contributed by atoms with Gasteiger partial charge in [0.15, 0.2) is 0 Å². The Balaban J connectivity index is 1.36. The molecule has 0 saturated heterocycles. The summed E-state index contributed by atoms with van der Waals surface area (Å²) in [5, 5.41) is 5.02. The lowest BCUT2D eigenvalue weighted by Gasteiger charge is -2.19. The maximum Gasteiger partial charge on any atom is 0.343 e. The molecule has 4 rings (SSSR count). The number of rotatable bonds is 10. The molecule has 0 saturated carbocycles. The zero-order valence-corrected chi connectivity index (χ0v) is 22.1. The molecule has 39 heavy (non-hydrogen) atoms. The Bertz CT molecular complexity index is 1380. The maximum absolute atomic E-state index is 12.8. The lowest BCUT2D eigenvalue weighted by molar-refractivity contribution is -0.140. The van der Waals surface area contributed by atoms with Gasteiger partial charge in [0.05, 0.1) is 18.9 Å². The molecule has 0 bridgehead atoms. The highest BCUT2D eigenvalue weighted by atomic mass is 35.5. The van der Waals surface area contributed by atoms with E-state index in [2.05, 4.69) is 10.5 Å². The van der Waals surface area contributed by atoms with Crippen LogP contribution >= 0.6 is 23.2 Å². The fraction of sp³-hybridized carbons (Fsp3) is 0.0690. The van der Waals surface area contributed by atoms with Crippen LogP contribution in [0.25, 0.3) is 0 Å². The Hall–Kier alpha value is -4.53. The van der Waals surface area contributed by atoms with E-state index in [1.54, 1.807) is 104 Å². The van der Waals surface area contributed by atoms with Gasteiger partial charge in [0, 0.05) is 10.0 Å². The van der Waals surface area contributed by atoms with Crippen LogP contribution in [0.4, 0.5) is 0 Å². The van der Waals surface area contributed by atoms with Gasteiger partial charge in [0.2, 0.25) is 0 Å². The first kappa shape index (κ1) is 27.5. The van der Waals surface area contributed by atoms with Crippen molar-refractivity contribution in [2.24, 2.45) is 5.10 Å². The molecule has 0 unspecified atom stereocenters. The minimum atomic E-state index is -1.36. The number of ether oxygens (including phenoxy) is 4. The van der Waals surface area contributed by atoms with Crippen LogP contribution in [-0.4, -0.2) is 31.5 Å². The van der Waals surface area contributed by atoms with Crippen LogP contribution in [0.1, 0.15) is 15.9 Å². The minimum absolute atomic E-state index is 0.352. The van der Waals surface area contributed by atoms with Crippen molar-refractivity contribution < 1.29 is 28.5 Å². The highest BCUT2D eigenvalue weighted by Crippen LogP contribution is 2.21. The first-order valence-corrected chi connectivity index (χ1v) is 12.3. The molecule has 0 radical (unpaired) electrons. The van der Waals surface area contributed by atoms with Crippen LogP contribution in [0.2, 0.25) is 10.0 Å². The van der Waals surface area contributed by atoms with E-state index < -0.39 is 18.2 Å². The number of carbonyl (C=O) groups is 2. The lowest BCUT2D eigenvalue weighted by Crippen LogP contribution is -2.40. The molecule has 1 amide bonds. The first-order chi connectivity index (χ1) is 18.9. The molecule has 0 spiro atoms. The van der Waals surface area contributed by atoms with Crippen LogP contribution in [0, 0.1) is 0 Å². The highest BCUT2D eigenvalue weighted by Gasteiger charge is 2.22. The van der Waals surface area contributed by atoms with Gasteiger partial charge in [-0.3, -0.25) is 4.79 Å². The molecule has 10 heteroatoms. The average Bonchev–Trinajstić information content (AvgIpc) is 2.96.